The van der Waals surface area contributed by atoms with Crippen molar-refractivity contribution in [2.45, 2.75) is 26.2 Å². The second kappa shape index (κ2) is 7.66. The summed E-state index contributed by atoms with van der Waals surface area (Å²) < 4.78 is 5.48. The summed E-state index contributed by atoms with van der Waals surface area (Å²) in [6.45, 7) is 8.86. The number of benzene rings is 1. The van der Waals surface area contributed by atoms with Gasteiger partial charge in [-0.15, -0.1) is 0 Å². The third-order valence-corrected chi connectivity index (χ3v) is 5.02. The van der Waals surface area contributed by atoms with Crippen molar-refractivity contribution >= 4 is 11.7 Å². The van der Waals surface area contributed by atoms with Crippen LogP contribution >= 0.6 is 0 Å². The molecule has 0 unspecified atom stereocenters. The molecular formula is C22H25N5O2. The number of hydrogen-bond donors (Lipinski definition) is 0. The van der Waals surface area contributed by atoms with Crippen molar-refractivity contribution in [3.8, 4) is 11.5 Å². The second-order valence-electron chi connectivity index (χ2n) is 8.19. The predicted octanol–water partition coefficient (Wildman–Crippen LogP) is 3.39. The molecule has 1 aliphatic heterocycles. The van der Waals surface area contributed by atoms with Gasteiger partial charge in [0, 0.05) is 37.8 Å². The maximum absolute atomic E-state index is 13.2. The van der Waals surface area contributed by atoms with E-state index in [2.05, 4.69) is 20.0 Å². The molecule has 4 rings (SSSR count). The molecular weight excluding hydrogens is 366 g/mol. The van der Waals surface area contributed by atoms with Crippen molar-refractivity contribution in [2.75, 3.05) is 31.1 Å². The Balaban J connectivity index is 1.52. The Hall–Kier alpha value is -3.22. The molecule has 1 saturated heterocycles. The number of piperazine rings is 1. The summed E-state index contributed by atoms with van der Waals surface area (Å²) in [4.78, 5) is 26.2. The first-order chi connectivity index (χ1) is 13.9. The Morgan fingerprint density at radius 1 is 1.00 bits per heavy atom. The summed E-state index contributed by atoms with van der Waals surface area (Å²) in [5, 5.41) is 4.10. The molecule has 0 atom stereocenters. The van der Waals surface area contributed by atoms with Crippen molar-refractivity contribution in [1.29, 1.82) is 0 Å². The van der Waals surface area contributed by atoms with Crippen molar-refractivity contribution < 1.29 is 9.32 Å². The monoisotopic (exact) mass is 391 g/mol. The Kier molecular flexibility index (Phi) is 5.05. The zero-order valence-electron chi connectivity index (χ0n) is 17.0. The average Bonchev–Trinajstić information content (AvgIpc) is 3.25. The van der Waals surface area contributed by atoms with Gasteiger partial charge in [-0.05, 0) is 24.3 Å². The van der Waals surface area contributed by atoms with E-state index in [0.717, 1.165) is 18.9 Å². The highest BCUT2D eigenvalue weighted by Gasteiger charge is 2.27. The van der Waals surface area contributed by atoms with Gasteiger partial charge in [0.15, 0.2) is 5.82 Å². The largest absolute Gasteiger partial charge is 0.353 e. The predicted molar refractivity (Wildman–Crippen MR) is 111 cm³/mol. The Labute approximate surface area is 170 Å². The van der Waals surface area contributed by atoms with Crippen molar-refractivity contribution in [3.63, 3.8) is 0 Å². The van der Waals surface area contributed by atoms with Gasteiger partial charge in [0.2, 0.25) is 0 Å². The first-order valence-corrected chi connectivity index (χ1v) is 9.82. The molecule has 0 N–H and O–H groups in total. The molecule has 1 amide bonds. The zero-order valence-corrected chi connectivity index (χ0v) is 17.0. The maximum Gasteiger partial charge on any atom is 0.258 e. The number of pyridine rings is 1. The smallest absolute Gasteiger partial charge is 0.258 e. The third-order valence-electron chi connectivity index (χ3n) is 5.02. The van der Waals surface area contributed by atoms with Crippen LogP contribution < -0.4 is 4.90 Å². The maximum atomic E-state index is 13.2. The molecule has 150 valence electrons. The summed E-state index contributed by atoms with van der Waals surface area (Å²) in [7, 11) is 0. The van der Waals surface area contributed by atoms with Crippen LogP contribution in [0.15, 0.2) is 53.2 Å². The van der Waals surface area contributed by atoms with Gasteiger partial charge < -0.3 is 14.3 Å². The molecule has 7 nitrogen and oxygen atoms in total. The van der Waals surface area contributed by atoms with Crippen molar-refractivity contribution in [1.82, 2.24) is 20.0 Å². The molecule has 1 aliphatic rings. The van der Waals surface area contributed by atoms with Crippen molar-refractivity contribution in [3.05, 3.63) is 60.0 Å². The molecule has 0 saturated carbocycles. The summed E-state index contributed by atoms with van der Waals surface area (Å²) >= 11 is 0. The average molecular weight is 391 g/mol. The lowest BCUT2D eigenvalue weighted by Crippen LogP contribution is -2.49. The van der Waals surface area contributed by atoms with Crippen LogP contribution in [-0.4, -0.2) is 52.1 Å². The molecule has 0 aliphatic carbocycles. The Morgan fingerprint density at radius 3 is 2.38 bits per heavy atom. The normalized spacial score (nSPS) is 14.9. The fraction of sp³-hybridized carbons (Fsp3) is 0.364. The van der Waals surface area contributed by atoms with E-state index in [9.17, 15) is 4.79 Å². The lowest BCUT2D eigenvalue weighted by molar-refractivity contribution is 0.0747. The first kappa shape index (κ1) is 19.1. The molecule has 2 aromatic heterocycles. The quantitative estimate of drug-likeness (QED) is 0.681. The molecule has 29 heavy (non-hydrogen) atoms. The molecule has 1 aromatic carbocycles. The summed E-state index contributed by atoms with van der Waals surface area (Å²) in [6.07, 6.45) is 1.79. The van der Waals surface area contributed by atoms with Gasteiger partial charge in [-0.1, -0.05) is 44.1 Å². The fourth-order valence-electron chi connectivity index (χ4n) is 3.34. The standard InChI is InChI=1S/C22H25N5O2/c1-22(2,3)21-24-19(29-25-21)16-8-4-5-9-17(16)20(28)27-14-12-26(13-15-27)18-10-6-7-11-23-18/h4-11H,12-15H2,1-3H3. The van der Waals surface area contributed by atoms with Gasteiger partial charge in [-0.2, -0.15) is 4.98 Å². The highest BCUT2D eigenvalue weighted by atomic mass is 16.5. The second-order valence-corrected chi connectivity index (χ2v) is 8.19. The topological polar surface area (TPSA) is 75.4 Å². The van der Waals surface area contributed by atoms with Crippen LogP contribution in [0.3, 0.4) is 0 Å². The Morgan fingerprint density at radius 2 is 1.72 bits per heavy atom. The van der Waals surface area contributed by atoms with Crippen LogP contribution in [0.5, 0.6) is 0 Å². The van der Waals surface area contributed by atoms with Gasteiger partial charge in [0.05, 0.1) is 11.1 Å². The van der Waals surface area contributed by atoms with E-state index in [1.54, 1.807) is 6.20 Å². The molecule has 7 heteroatoms. The van der Waals surface area contributed by atoms with Crippen LogP contribution in [0, 0.1) is 0 Å². The van der Waals surface area contributed by atoms with Crippen LogP contribution in [-0.2, 0) is 5.41 Å². The first-order valence-electron chi connectivity index (χ1n) is 9.82. The van der Waals surface area contributed by atoms with Gasteiger partial charge in [-0.25, -0.2) is 4.98 Å². The summed E-state index contributed by atoms with van der Waals surface area (Å²) in [6, 6.07) is 13.3. The molecule has 0 radical (unpaired) electrons. The van der Waals surface area contributed by atoms with E-state index in [0.29, 0.717) is 35.9 Å². The minimum absolute atomic E-state index is 0.0169. The minimum Gasteiger partial charge on any atom is -0.353 e. The van der Waals surface area contributed by atoms with Crippen molar-refractivity contribution in [2.24, 2.45) is 0 Å². The molecule has 0 bridgehead atoms. The van der Waals surface area contributed by atoms with Crippen LogP contribution in [0.1, 0.15) is 37.0 Å². The van der Waals surface area contributed by atoms with Gasteiger partial charge in [0.1, 0.15) is 5.82 Å². The number of carbonyl (C=O) groups is 1. The lowest BCUT2D eigenvalue weighted by atomic mass is 9.96. The number of nitrogens with zero attached hydrogens (tertiary/aromatic N) is 5. The molecule has 1 fully saturated rings. The van der Waals surface area contributed by atoms with Crippen LogP contribution in [0.4, 0.5) is 5.82 Å². The van der Waals surface area contributed by atoms with E-state index < -0.39 is 0 Å². The van der Waals surface area contributed by atoms with Gasteiger partial charge in [-0.3, -0.25) is 4.79 Å². The number of carbonyl (C=O) groups excluding carboxylic acids is 1. The highest BCUT2D eigenvalue weighted by Crippen LogP contribution is 2.27. The Bertz CT molecular complexity index is 986. The van der Waals surface area contributed by atoms with E-state index in [4.69, 9.17) is 4.52 Å². The number of anilines is 1. The number of aromatic nitrogens is 3. The third kappa shape index (κ3) is 3.99. The van der Waals surface area contributed by atoms with Crippen LogP contribution in [0.25, 0.3) is 11.5 Å². The minimum atomic E-state index is -0.220. The zero-order chi connectivity index (χ0) is 20.4. The number of amides is 1. The van der Waals surface area contributed by atoms with E-state index >= 15 is 0 Å². The molecule has 3 heterocycles. The van der Waals surface area contributed by atoms with E-state index in [-0.39, 0.29) is 11.3 Å². The van der Waals surface area contributed by atoms with E-state index in [1.165, 1.54) is 0 Å². The van der Waals surface area contributed by atoms with Gasteiger partial charge in [0.25, 0.3) is 11.8 Å². The summed E-state index contributed by atoms with van der Waals surface area (Å²) in [5.41, 5.74) is 1.04. The molecule has 3 aromatic rings. The highest BCUT2D eigenvalue weighted by molar-refractivity contribution is 6.00. The number of hydrogen-bond acceptors (Lipinski definition) is 6. The van der Waals surface area contributed by atoms with Gasteiger partial charge >= 0.3 is 0 Å². The van der Waals surface area contributed by atoms with Crippen LogP contribution in [0.2, 0.25) is 0 Å². The summed E-state index contributed by atoms with van der Waals surface area (Å²) in [5.74, 6) is 1.93. The number of rotatable bonds is 3. The fourth-order valence-corrected chi connectivity index (χ4v) is 3.34. The molecule has 0 spiro atoms. The SMILES string of the molecule is CC(C)(C)c1noc(-c2ccccc2C(=O)N2CCN(c3ccccn3)CC2)n1. The lowest BCUT2D eigenvalue weighted by Gasteiger charge is -2.35. The van der Waals surface area contributed by atoms with E-state index in [1.807, 2.05) is 68.1 Å².